The van der Waals surface area contributed by atoms with E-state index in [1.54, 1.807) is 6.92 Å². The number of unbranched alkanes of at least 4 members (excludes halogenated alkanes) is 3. The molecule has 2 unspecified atom stereocenters. The third-order valence-electron chi connectivity index (χ3n) is 4.32. The summed E-state index contributed by atoms with van der Waals surface area (Å²) in [6.45, 7) is 10.3. The van der Waals surface area contributed by atoms with Gasteiger partial charge in [-0.1, -0.05) is 58.1 Å². The van der Waals surface area contributed by atoms with Crippen LogP contribution in [-0.4, -0.2) is 21.4 Å². The monoisotopic (exact) mass is 268 g/mol. The van der Waals surface area contributed by atoms with E-state index in [0.29, 0.717) is 12.8 Å². The van der Waals surface area contributed by atoms with Crippen molar-refractivity contribution in [2.75, 3.05) is 0 Å². The van der Waals surface area contributed by atoms with Gasteiger partial charge in [-0.25, -0.2) is 0 Å². The minimum absolute atomic E-state index is 0.0716. The molecular formula is C17H32O2. The lowest BCUT2D eigenvalue weighted by atomic mass is 9.68. The first kappa shape index (κ1) is 16.7. The smallest absolute Gasteiger partial charge is 0.0829 e. The van der Waals surface area contributed by atoms with Crippen LogP contribution in [0.15, 0.2) is 11.6 Å². The summed E-state index contributed by atoms with van der Waals surface area (Å²) in [5.74, 6) is 0. The van der Waals surface area contributed by atoms with Gasteiger partial charge in [-0.05, 0) is 32.1 Å². The second-order valence-electron chi connectivity index (χ2n) is 7.57. The van der Waals surface area contributed by atoms with Crippen LogP contribution in [0.4, 0.5) is 0 Å². The van der Waals surface area contributed by atoms with Gasteiger partial charge in [0.25, 0.3) is 0 Å². The van der Waals surface area contributed by atoms with Crippen molar-refractivity contribution in [2.45, 2.75) is 90.8 Å². The molecule has 1 aliphatic carbocycles. The Morgan fingerprint density at radius 1 is 1.16 bits per heavy atom. The Balaban J connectivity index is 2.73. The van der Waals surface area contributed by atoms with Gasteiger partial charge in [0.2, 0.25) is 0 Å². The van der Waals surface area contributed by atoms with E-state index in [0.717, 1.165) is 6.42 Å². The molecule has 1 aliphatic rings. The van der Waals surface area contributed by atoms with Gasteiger partial charge in [-0.2, -0.15) is 0 Å². The summed E-state index contributed by atoms with van der Waals surface area (Å²) in [6.07, 6.45) is 9.29. The Morgan fingerprint density at radius 2 is 1.79 bits per heavy atom. The largest absolute Gasteiger partial charge is 0.390 e. The highest BCUT2D eigenvalue weighted by Crippen LogP contribution is 2.43. The fourth-order valence-corrected chi connectivity index (χ4v) is 3.31. The molecule has 1 rings (SSSR count). The number of aliphatic hydroxyl groups is 2. The van der Waals surface area contributed by atoms with Crippen molar-refractivity contribution in [3.8, 4) is 0 Å². The normalized spacial score (nSPS) is 32.3. The van der Waals surface area contributed by atoms with Gasteiger partial charge < -0.3 is 10.2 Å². The van der Waals surface area contributed by atoms with Crippen molar-refractivity contribution in [3.05, 3.63) is 11.6 Å². The van der Waals surface area contributed by atoms with Crippen molar-refractivity contribution in [1.82, 2.24) is 0 Å². The van der Waals surface area contributed by atoms with Gasteiger partial charge in [-0.3, -0.25) is 0 Å². The van der Waals surface area contributed by atoms with E-state index in [-0.39, 0.29) is 5.41 Å². The molecule has 0 heterocycles. The highest BCUT2D eigenvalue weighted by Gasteiger charge is 2.40. The zero-order valence-electron chi connectivity index (χ0n) is 13.4. The van der Waals surface area contributed by atoms with Crippen LogP contribution in [0, 0.1) is 5.41 Å². The lowest BCUT2D eigenvalue weighted by molar-refractivity contribution is -0.0355. The lowest BCUT2D eigenvalue weighted by Crippen LogP contribution is -2.42. The third kappa shape index (κ3) is 5.27. The van der Waals surface area contributed by atoms with Crippen LogP contribution in [0.3, 0.4) is 0 Å². The maximum absolute atomic E-state index is 10.4. The van der Waals surface area contributed by atoms with Crippen molar-refractivity contribution < 1.29 is 10.2 Å². The molecular weight excluding hydrogens is 236 g/mol. The Hall–Kier alpha value is -0.340. The molecule has 0 aromatic carbocycles. The molecule has 2 heteroatoms. The molecule has 0 aromatic heterocycles. The number of hydrogen-bond acceptors (Lipinski definition) is 2. The summed E-state index contributed by atoms with van der Waals surface area (Å²) in [6, 6.07) is 0. The molecule has 0 aromatic rings. The van der Waals surface area contributed by atoms with Crippen LogP contribution in [0.5, 0.6) is 0 Å². The Bertz CT molecular complexity index is 324. The summed E-state index contributed by atoms with van der Waals surface area (Å²) < 4.78 is 0. The molecule has 19 heavy (non-hydrogen) atoms. The van der Waals surface area contributed by atoms with Gasteiger partial charge in [0, 0.05) is 6.42 Å². The molecule has 2 nitrogen and oxygen atoms in total. The first-order valence-electron chi connectivity index (χ1n) is 7.75. The van der Waals surface area contributed by atoms with Crippen molar-refractivity contribution >= 4 is 0 Å². The molecule has 112 valence electrons. The fourth-order valence-electron chi connectivity index (χ4n) is 3.31. The van der Waals surface area contributed by atoms with E-state index in [4.69, 9.17) is 0 Å². The molecule has 0 amide bonds. The quantitative estimate of drug-likeness (QED) is 0.560. The van der Waals surface area contributed by atoms with Crippen LogP contribution < -0.4 is 0 Å². The van der Waals surface area contributed by atoms with E-state index >= 15 is 0 Å². The van der Waals surface area contributed by atoms with E-state index in [1.807, 2.05) is 13.0 Å². The molecule has 0 spiro atoms. The predicted octanol–water partition coefficient (Wildman–Crippen LogP) is 4.21. The highest BCUT2D eigenvalue weighted by molar-refractivity contribution is 5.24. The topological polar surface area (TPSA) is 40.5 Å². The van der Waals surface area contributed by atoms with E-state index in [2.05, 4.69) is 20.8 Å². The van der Waals surface area contributed by atoms with Gasteiger partial charge in [0.1, 0.15) is 0 Å². The molecule has 0 bridgehead atoms. The molecule has 0 radical (unpaired) electrons. The molecule has 0 aliphatic heterocycles. The number of rotatable bonds is 6. The number of hydrogen-bond donors (Lipinski definition) is 2. The maximum Gasteiger partial charge on any atom is 0.0829 e. The first-order chi connectivity index (χ1) is 8.58. The average molecular weight is 268 g/mol. The zero-order valence-corrected chi connectivity index (χ0v) is 13.4. The maximum atomic E-state index is 10.4. The van der Waals surface area contributed by atoms with Gasteiger partial charge >= 0.3 is 0 Å². The Morgan fingerprint density at radius 3 is 2.32 bits per heavy atom. The van der Waals surface area contributed by atoms with Crippen molar-refractivity contribution in [3.63, 3.8) is 0 Å². The summed E-state index contributed by atoms with van der Waals surface area (Å²) in [5.41, 5.74) is -0.376. The molecule has 2 atom stereocenters. The summed E-state index contributed by atoms with van der Waals surface area (Å²) in [4.78, 5) is 0. The van der Waals surface area contributed by atoms with Gasteiger partial charge in [-0.15, -0.1) is 0 Å². The van der Waals surface area contributed by atoms with E-state index < -0.39 is 11.2 Å². The third-order valence-corrected chi connectivity index (χ3v) is 4.32. The second-order valence-corrected chi connectivity index (χ2v) is 7.57. The zero-order chi connectivity index (χ0) is 14.7. The summed E-state index contributed by atoms with van der Waals surface area (Å²) in [5, 5.41) is 20.7. The molecule has 2 N–H and O–H groups in total. The standard InChI is InChI=1S/C17H32O2/c1-6-7-8-9-10-15(2,3)14-11-16(4,18)13-17(5,19)12-14/h11,18-19H,6-10,12-13H2,1-5H3. The SMILES string of the molecule is CCCCCCC(C)(C)C1=CC(C)(O)CC(C)(O)C1. The first-order valence-corrected chi connectivity index (χ1v) is 7.75. The van der Waals surface area contributed by atoms with Crippen LogP contribution in [0.25, 0.3) is 0 Å². The minimum Gasteiger partial charge on any atom is -0.390 e. The van der Waals surface area contributed by atoms with Crippen molar-refractivity contribution in [2.24, 2.45) is 5.41 Å². The van der Waals surface area contributed by atoms with E-state index in [9.17, 15) is 10.2 Å². The molecule has 0 saturated carbocycles. The van der Waals surface area contributed by atoms with Crippen LogP contribution in [0.1, 0.15) is 79.6 Å². The molecule has 0 fully saturated rings. The van der Waals surface area contributed by atoms with Gasteiger partial charge in [0.05, 0.1) is 11.2 Å². The summed E-state index contributed by atoms with van der Waals surface area (Å²) in [7, 11) is 0. The fraction of sp³-hybridized carbons (Fsp3) is 0.882. The lowest BCUT2D eigenvalue weighted by Gasteiger charge is -2.42. The molecule has 0 saturated heterocycles. The predicted molar refractivity (Wildman–Crippen MR) is 81.1 cm³/mol. The van der Waals surface area contributed by atoms with Gasteiger partial charge in [0.15, 0.2) is 0 Å². The minimum atomic E-state index is -0.877. The van der Waals surface area contributed by atoms with Crippen LogP contribution in [-0.2, 0) is 0 Å². The average Bonchev–Trinajstić information content (AvgIpc) is 2.20. The van der Waals surface area contributed by atoms with Crippen molar-refractivity contribution in [1.29, 1.82) is 0 Å². The highest BCUT2D eigenvalue weighted by atomic mass is 16.3. The Kier molecular flexibility index (Phi) is 5.25. The van der Waals surface area contributed by atoms with E-state index in [1.165, 1.54) is 31.3 Å². The summed E-state index contributed by atoms with van der Waals surface area (Å²) >= 11 is 0. The second kappa shape index (κ2) is 5.97. The Labute approximate surface area is 118 Å². The van der Waals surface area contributed by atoms with Crippen LogP contribution >= 0.6 is 0 Å². The van der Waals surface area contributed by atoms with Crippen LogP contribution in [0.2, 0.25) is 0 Å².